The molecule has 11 heteroatoms. The van der Waals surface area contributed by atoms with Crippen LogP contribution in [-0.2, 0) is 14.4 Å². The molecule has 1 fully saturated rings. The summed E-state index contributed by atoms with van der Waals surface area (Å²) in [6.07, 6.45) is -1.72. The van der Waals surface area contributed by atoms with Crippen molar-refractivity contribution in [3.8, 4) is 5.75 Å². The van der Waals surface area contributed by atoms with Gasteiger partial charge >= 0.3 is 0 Å². The highest BCUT2D eigenvalue weighted by Gasteiger charge is 2.68. The molecular weight excluding hydrogens is 434 g/mol. The number of carbonyl (C=O) groups excluding carboxylic acids is 3. The first kappa shape index (κ1) is 22.5. The van der Waals surface area contributed by atoms with Gasteiger partial charge in [-0.05, 0) is 31.3 Å². The van der Waals surface area contributed by atoms with E-state index >= 15 is 0 Å². The first-order valence-electron chi connectivity index (χ1n) is 9.91. The number of amides is 1. The molecule has 11 nitrogen and oxygen atoms in total. The molecule has 0 spiro atoms. The fourth-order valence-corrected chi connectivity index (χ4v) is 5.27. The molecule has 0 heterocycles. The number of aliphatic hydroxyl groups is 4. The third-order valence-electron chi connectivity index (χ3n) is 6.77. The highest BCUT2D eigenvalue weighted by Crippen LogP contribution is 2.55. The number of aliphatic hydroxyl groups excluding tert-OH is 3. The second-order valence-electron chi connectivity index (χ2n) is 8.66. The molecule has 9 N–H and O–H groups in total. The van der Waals surface area contributed by atoms with Crippen LogP contribution in [0.2, 0.25) is 0 Å². The highest BCUT2D eigenvalue weighted by molar-refractivity contribution is 6.25. The van der Waals surface area contributed by atoms with Gasteiger partial charge in [-0.15, -0.1) is 0 Å². The number of nitrogens with two attached hydrogens (primary N) is 2. The van der Waals surface area contributed by atoms with Gasteiger partial charge in [0.15, 0.2) is 11.4 Å². The Morgan fingerprint density at radius 3 is 2.33 bits per heavy atom. The summed E-state index contributed by atoms with van der Waals surface area (Å²) in [5, 5.41) is 55.0. The lowest BCUT2D eigenvalue weighted by Crippen LogP contribution is -2.70. The smallest absolute Gasteiger partial charge is 0.255 e. The maximum absolute atomic E-state index is 13.7. The number of aromatic hydroxyl groups is 1. The summed E-state index contributed by atoms with van der Waals surface area (Å²) in [6, 6.07) is 1.37. The Labute approximate surface area is 187 Å². The fourth-order valence-electron chi connectivity index (χ4n) is 5.27. The van der Waals surface area contributed by atoms with Gasteiger partial charge in [0.2, 0.25) is 5.78 Å². The number of primary amides is 1. The van der Waals surface area contributed by atoms with Crippen molar-refractivity contribution in [3.05, 3.63) is 46.7 Å². The van der Waals surface area contributed by atoms with E-state index in [0.29, 0.717) is 0 Å². The van der Waals surface area contributed by atoms with E-state index in [1.54, 1.807) is 0 Å². The van der Waals surface area contributed by atoms with Crippen LogP contribution in [0.15, 0.2) is 35.6 Å². The van der Waals surface area contributed by atoms with E-state index in [-0.39, 0.29) is 22.4 Å². The Morgan fingerprint density at radius 2 is 1.79 bits per heavy atom. The van der Waals surface area contributed by atoms with Crippen LogP contribution in [0.4, 0.5) is 5.69 Å². The standard InChI is InChI=1S/C22H23N3O8/c1-6-7-4-5-8(23)15(26)10(7)16(27)11-9(6)17(28)13-14(25(2)3)18(29)12(21(24)32)20(31)22(13,33)19(11)30/h4-5,9,13-14,17,26-28,31,33H,1,23H2,2-3H3,(H2,24,32)/t9?,13?,14?,17?,22-/m0/s1. The molecule has 0 saturated heterocycles. The van der Waals surface area contributed by atoms with Gasteiger partial charge in [-0.1, -0.05) is 12.6 Å². The first-order chi connectivity index (χ1) is 15.3. The zero-order chi connectivity index (χ0) is 24.7. The number of phenols is 1. The van der Waals surface area contributed by atoms with Crippen LogP contribution in [0.1, 0.15) is 11.1 Å². The van der Waals surface area contributed by atoms with Crippen LogP contribution in [0, 0.1) is 11.8 Å². The van der Waals surface area contributed by atoms with Crippen molar-refractivity contribution in [2.24, 2.45) is 17.6 Å². The molecule has 1 amide bonds. The molecule has 0 aliphatic heterocycles. The molecule has 33 heavy (non-hydrogen) atoms. The molecule has 4 rings (SSSR count). The van der Waals surface area contributed by atoms with E-state index in [1.807, 2.05) is 0 Å². The van der Waals surface area contributed by atoms with Crippen molar-refractivity contribution in [2.75, 3.05) is 19.8 Å². The third kappa shape index (κ3) is 2.58. The summed E-state index contributed by atoms with van der Waals surface area (Å²) in [5.41, 5.74) is 6.43. The van der Waals surface area contributed by atoms with Gasteiger partial charge in [0.05, 0.1) is 34.9 Å². The number of benzene rings is 1. The molecular formula is C22H23N3O8. The fraction of sp³-hybridized carbons (Fsp3) is 0.318. The summed E-state index contributed by atoms with van der Waals surface area (Å²) >= 11 is 0. The SMILES string of the molecule is C=C1c2ccc(N)c(O)c2C(O)=C2C(=O)[C@]3(O)C(O)=C(C(N)=O)C(=O)C(N(C)C)C3C(O)C12. The van der Waals surface area contributed by atoms with E-state index in [4.69, 9.17) is 11.5 Å². The van der Waals surface area contributed by atoms with Crippen molar-refractivity contribution in [1.29, 1.82) is 0 Å². The molecule has 3 aliphatic carbocycles. The largest absolute Gasteiger partial charge is 0.508 e. The maximum Gasteiger partial charge on any atom is 0.255 e. The number of rotatable bonds is 2. The normalized spacial score (nSPS) is 31.5. The molecule has 1 aromatic rings. The van der Waals surface area contributed by atoms with E-state index < -0.39 is 75.5 Å². The quantitative estimate of drug-likeness (QED) is 0.163. The second kappa shape index (κ2) is 6.91. The van der Waals surface area contributed by atoms with Gasteiger partial charge < -0.3 is 37.0 Å². The summed E-state index contributed by atoms with van der Waals surface area (Å²) < 4.78 is 0. The van der Waals surface area contributed by atoms with Gasteiger partial charge in [0.1, 0.15) is 22.8 Å². The summed E-state index contributed by atoms with van der Waals surface area (Å²) in [5.74, 6) is -9.19. The molecule has 174 valence electrons. The van der Waals surface area contributed by atoms with Crippen LogP contribution in [0.5, 0.6) is 5.75 Å². The van der Waals surface area contributed by atoms with E-state index in [1.165, 1.54) is 31.1 Å². The molecule has 0 bridgehead atoms. The van der Waals surface area contributed by atoms with Gasteiger partial charge in [-0.3, -0.25) is 19.3 Å². The number of hydrogen-bond acceptors (Lipinski definition) is 10. The minimum Gasteiger partial charge on any atom is -0.508 e. The minimum atomic E-state index is -2.97. The predicted octanol–water partition coefficient (Wildman–Crippen LogP) is -1.01. The van der Waals surface area contributed by atoms with Crippen molar-refractivity contribution in [3.63, 3.8) is 0 Å². The molecule has 1 saturated carbocycles. The molecule has 5 atom stereocenters. The summed E-state index contributed by atoms with van der Waals surface area (Å²) in [7, 11) is 2.85. The summed E-state index contributed by atoms with van der Waals surface area (Å²) in [6.45, 7) is 3.90. The van der Waals surface area contributed by atoms with Crippen molar-refractivity contribution < 1.29 is 39.9 Å². The molecule has 0 aromatic heterocycles. The number of nitrogen functional groups attached to an aromatic ring is 1. The summed E-state index contributed by atoms with van der Waals surface area (Å²) in [4.78, 5) is 39.9. The number of fused-ring (bicyclic) bond motifs is 3. The lowest BCUT2D eigenvalue weighted by molar-refractivity contribution is -0.166. The Hall–Kier alpha value is -3.67. The maximum atomic E-state index is 13.7. The monoisotopic (exact) mass is 457 g/mol. The molecule has 4 unspecified atom stereocenters. The number of anilines is 1. The van der Waals surface area contributed by atoms with Crippen molar-refractivity contribution in [1.82, 2.24) is 4.90 Å². The van der Waals surface area contributed by atoms with Crippen LogP contribution in [-0.4, -0.2) is 79.7 Å². The molecule has 0 radical (unpaired) electrons. The van der Waals surface area contributed by atoms with E-state index in [2.05, 4.69) is 6.58 Å². The highest BCUT2D eigenvalue weighted by atomic mass is 16.4. The number of hydrogen-bond donors (Lipinski definition) is 7. The number of nitrogens with zero attached hydrogens (tertiary/aromatic N) is 1. The average molecular weight is 457 g/mol. The van der Waals surface area contributed by atoms with E-state index in [0.717, 1.165) is 0 Å². The number of carbonyl (C=O) groups is 3. The number of ketones is 2. The Kier molecular flexibility index (Phi) is 4.72. The number of phenolic OH excluding ortho intramolecular Hbond substituents is 1. The Balaban J connectivity index is 2.09. The zero-order valence-electron chi connectivity index (χ0n) is 17.7. The Morgan fingerprint density at radius 1 is 1.18 bits per heavy atom. The lowest BCUT2D eigenvalue weighted by atomic mass is 9.55. The van der Waals surface area contributed by atoms with Gasteiger partial charge in [-0.2, -0.15) is 0 Å². The predicted molar refractivity (Wildman–Crippen MR) is 115 cm³/mol. The average Bonchev–Trinajstić information content (AvgIpc) is 2.72. The zero-order valence-corrected chi connectivity index (χ0v) is 17.7. The third-order valence-corrected chi connectivity index (χ3v) is 6.77. The van der Waals surface area contributed by atoms with Crippen molar-refractivity contribution >= 4 is 34.5 Å². The minimum absolute atomic E-state index is 0.109. The van der Waals surface area contributed by atoms with Gasteiger partial charge in [0.25, 0.3) is 5.91 Å². The van der Waals surface area contributed by atoms with Crippen molar-refractivity contribution in [2.45, 2.75) is 17.7 Å². The van der Waals surface area contributed by atoms with Gasteiger partial charge in [-0.25, -0.2) is 0 Å². The number of likely N-dealkylation sites (N-methyl/N-ethyl adjacent to an activating group) is 1. The molecule has 1 aromatic carbocycles. The van der Waals surface area contributed by atoms with Gasteiger partial charge in [0, 0.05) is 5.92 Å². The Bertz CT molecular complexity index is 1230. The van der Waals surface area contributed by atoms with Crippen LogP contribution in [0.3, 0.4) is 0 Å². The first-order valence-corrected chi connectivity index (χ1v) is 9.91. The second-order valence-corrected chi connectivity index (χ2v) is 8.66. The van der Waals surface area contributed by atoms with E-state index in [9.17, 15) is 39.9 Å². The van der Waals surface area contributed by atoms with Crippen LogP contribution < -0.4 is 11.5 Å². The topological polar surface area (TPSA) is 208 Å². The lowest BCUT2D eigenvalue weighted by Gasteiger charge is -2.52. The molecule has 3 aliphatic rings. The van der Waals surface area contributed by atoms with Crippen LogP contribution >= 0.6 is 0 Å². The number of Topliss-reactive ketones (excluding diaryl/α,β-unsaturated/α-hetero) is 2. The van der Waals surface area contributed by atoms with Crippen LogP contribution in [0.25, 0.3) is 11.3 Å².